The van der Waals surface area contributed by atoms with E-state index in [0.717, 1.165) is 0 Å². The van der Waals surface area contributed by atoms with Gasteiger partial charge in [0.15, 0.2) is 0 Å². The van der Waals surface area contributed by atoms with Crippen molar-refractivity contribution >= 4 is 46.9 Å². The van der Waals surface area contributed by atoms with Crippen LogP contribution in [0.5, 0.6) is 11.5 Å². The Labute approximate surface area is 278 Å². The number of carboxylic acids is 1. The summed E-state index contributed by atoms with van der Waals surface area (Å²) in [7, 11) is 1.40. The molecule has 5 atom stereocenters. The van der Waals surface area contributed by atoms with Crippen molar-refractivity contribution in [1.29, 1.82) is 0 Å². The van der Waals surface area contributed by atoms with Gasteiger partial charge in [0.05, 0.1) is 0 Å². The number of nitrogens with zero attached hydrogens (tertiary/aromatic N) is 2. The van der Waals surface area contributed by atoms with Gasteiger partial charge in [0.2, 0.25) is 11.8 Å². The summed E-state index contributed by atoms with van der Waals surface area (Å²) in [4.78, 5) is 55.1. The number of likely N-dealkylation sites (N-methyl/N-ethyl adjacent to an activating group) is 1. The molecule has 3 rings (SSSR count). The zero-order chi connectivity index (χ0) is 34.0. The Morgan fingerprint density at radius 3 is 2.04 bits per heavy atom. The van der Waals surface area contributed by atoms with Crippen molar-refractivity contribution in [2.75, 3.05) is 13.6 Å². The zero-order valence-corrected chi connectivity index (χ0v) is 27.1. The van der Waals surface area contributed by atoms with Gasteiger partial charge in [-0.25, -0.2) is 4.79 Å². The summed E-state index contributed by atoms with van der Waals surface area (Å²) in [5.74, 6) is -3.24. The predicted octanol–water partition coefficient (Wildman–Crippen LogP) is 2.32. The van der Waals surface area contributed by atoms with E-state index in [0.29, 0.717) is 43.2 Å². The maximum atomic E-state index is 14.1. The predicted molar refractivity (Wildman–Crippen MR) is 172 cm³/mol. The zero-order valence-electron chi connectivity index (χ0n) is 25.6. The molecule has 1 aliphatic heterocycles. The van der Waals surface area contributed by atoms with Gasteiger partial charge in [0.1, 0.15) is 40.6 Å². The molecule has 14 heteroatoms. The number of unbranched alkanes of at least 4 members (excludes halogenated alkanes) is 1. The van der Waals surface area contributed by atoms with Crippen LogP contribution in [0.4, 0.5) is 0 Å². The number of likely N-dealkylation sites (tertiary alicyclic amines) is 1. The summed E-state index contributed by atoms with van der Waals surface area (Å²) in [6.45, 7) is 0.206. The quantitative estimate of drug-likeness (QED) is 0.114. The summed E-state index contributed by atoms with van der Waals surface area (Å²) in [5, 5.41) is 42.5. The first kappa shape index (κ1) is 36.9. The Kier molecular flexibility index (Phi) is 13.9. The summed E-state index contributed by atoms with van der Waals surface area (Å²) in [6, 6.07) is 7.69. The normalized spacial score (nSPS) is 17.3. The Morgan fingerprint density at radius 1 is 0.957 bits per heavy atom. The van der Waals surface area contributed by atoms with Crippen molar-refractivity contribution in [2.24, 2.45) is 5.73 Å². The van der Waals surface area contributed by atoms with Crippen LogP contribution in [-0.2, 0) is 32.0 Å². The maximum absolute atomic E-state index is 14.1. The van der Waals surface area contributed by atoms with Crippen LogP contribution in [0.25, 0.3) is 0 Å². The Hall–Kier alpha value is -3.58. The second kappa shape index (κ2) is 17.4. The van der Waals surface area contributed by atoms with Crippen LogP contribution in [0.1, 0.15) is 49.7 Å². The molecule has 2 aromatic rings. The number of aliphatic hydroxyl groups is 1. The van der Waals surface area contributed by atoms with Crippen molar-refractivity contribution in [3.05, 3.63) is 59.7 Å². The molecule has 0 aliphatic carbocycles. The molecule has 252 valence electrons. The van der Waals surface area contributed by atoms with Crippen LogP contribution in [0.2, 0.25) is 0 Å². The third-order valence-electron chi connectivity index (χ3n) is 8.16. The highest BCUT2D eigenvalue weighted by Gasteiger charge is 2.41. The summed E-state index contributed by atoms with van der Waals surface area (Å²) >= 11 is 11.5. The second-order valence-electron chi connectivity index (χ2n) is 11.6. The van der Waals surface area contributed by atoms with E-state index in [1.807, 2.05) is 0 Å². The lowest BCUT2D eigenvalue weighted by Gasteiger charge is -2.35. The van der Waals surface area contributed by atoms with Crippen molar-refractivity contribution in [3.63, 3.8) is 0 Å². The number of phenolic OH excluding ortho intramolecular Hbond substituents is 2. The smallest absolute Gasteiger partial charge is 0.326 e. The number of nitrogens with one attached hydrogen (secondary N) is 1. The minimum Gasteiger partial charge on any atom is -0.508 e. The number of rotatable bonds is 16. The molecule has 7 N–H and O–H groups in total. The number of aliphatic carboxylic acids is 1. The molecule has 1 fully saturated rings. The second-order valence-corrected chi connectivity index (χ2v) is 12.9. The van der Waals surface area contributed by atoms with Crippen molar-refractivity contribution in [1.82, 2.24) is 15.1 Å². The molecular formula is C32H42Cl2N4O8. The van der Waals surface area contributed by atoms with E-state index < -0.39 is 58.8 Å². The maximum Gasteiger partial charge on any atom is 0.326 e. The number of alkyl halides is 2. The standard InChI is InChI=1S/C32H42Cl2N4O8/c1-37(26(18-20-10-14-22(40)15-11-20)31(44)38-16-4-6-25(38)32(45)46)30(43)24(17-19-8-12-21(39)13-9-19)36-29(42)28(41)23(35)5-2-3-7-27(33)34/h8-15,23-28,39-41H,2-7,16-18,35H2,1H3,(H,36,42)(H,45,46)/t23-,24+,25+,26+,28+/m1/s1. The molecule has 46 heavy (non-hydrogen) atoms. The van der Waals surface area contributed by atoms with E-state index in [1.54, 1.807) is 24.3 Å². The van der Waals surface area contributed by atoms with Crippen LogP contribution in [-0.4, -0.2) is 103 Å². The number of benzene rings is 2. The van der Waals surface area contributed by atoms with Gasteiger partial charge in [-0.05, 0) is 61.1 Å². The number of aromatic hydroxyl groups is 2. The van der Waals surface area contributed by atoms with Crippen molar-refractivity contribution < 1.29 is 39.6 Å². The first-order chi connectivity index (χ1) is 21.8. The number of nitrogens with two attached hydrogens (primary N) is 1. The largest absolute Gasteiger partial charge is 0.508 e. The first-order valence-corrected chi connectivity index (χ1v) is 16.0. The van der Waals surface area contributed by atoms with Gasteiger partial charge in [0.25, 0.3) is 5.91 Å². The van der Waals surface area contributed by atoms with E-state index in [2.05, 4.69) is 5.32 Å². The van der Waals surface area contributed by atoms with Crippen LogP contribution in [0.15, 0.2) is 48.5 Å². The molecule has 1 saturated heterocycles. The summed E-state index contributed by atoms with van der Waals surface area (Å²) < 4.78 is 0. The molecule has 1 heterocycles. The number of carbonyl (C=O) groups is 4. The average Bonchev–Trinajstić information content (AvgIpc) is 3.52. The van der Waals surface area contributed by atoms with Gasteiger partial charge >= 0.3 is 5.97 Å². The first-order valence-electron chi connectivity index (χ1n) is 15.2. The van der Waals surface area contributed by atoms with E-state index in [1.165, 1.54) is 41.1 Å². The molecule has 0 bridgehead atoms. The molecule has 0 aromatic heterocycles. The fraction of sp³-hybridized carbons (Fsp3) is 0.500. The SMILES string of the molecule is CN(C(=O)[C@H](Cc1ccc(O)cc1)NC(=O)[C@@H](O)[C@H](N)CCCCC(Cl)Cl)[C@@H](Cc1ccc(O)cc1)C(=O)N1CCC[C@H]1C(=O)O. The van der Waals surface area contributed by atoms with Gasteiger partial charge in [-0.2, -0.15) is 0 Å². The number of phenols is 2. The molecule has 0 spiro atoms. The highest BCUT2D eigenvalue weighted by Crippen LogP contribution is 2.23. The minimum atomic E-state index is -1.64. The van der Waals surface area contributed by atoms with E-state index in [-0.39, 0.29) is 37.3 Å². The Bertz CT molecular complexity index is 1330. The van der Waals surface area contributed by atoms with Crippen LogP contribution in [0, 0.1) is 0 Å². The van der Waals surface area contributed by atoms with Crippen molar-refractivity contribution in [3.8, 4) is 11.5 Å². The van der Waals surface area contributed by atoms with E-state index in [9.17, 15) is 39.6 Å². The minimum absolute atomic E-state index is 0.00184. The lowest BCUT2D eigenvalue weighted by molar-refractivity contribution is -0.153. The number of amides is 3. The van der Waals surface area contributed by atoms with E-state index in [4.69, 9.17) is 28.9 Å². The monoisotopic (exact) mass is 680 g/mol. The molecule has 0 unspecified atom stereocenters. The highest BCUT2D eigenvalue weighted by atomic mass is 35.5. The summed E-state index contributed by atoms with van der Waals surface area (Å²) in [6.07, 6.45) is 1.12. The molecule has 2 aromatic carbocycles. The fourth-order valence-electron chi connectivity index (χ4n) is 5.48. The number of carbonyl (C=O) groups excluding carboxylic acids is 3. The van der Waals surface area contributed by atoms with Gasteiger partial charge in [-0.15, -0.1) is 23.2 Å². The van der Waals surface area contributed by atoms with Crippen LogP contribution < -0.4 is 11.1 Å². The summed E-state index contributed by atoms with van der Waals surface area (Å²) in [5.41, 5.74) is 7.28. The number of carboxylic acid groups (broad SMARTS) is 1. The molecule has 3 amide bonds. The van der Waals surface area contributed by atoms with Gasteiger partial charge in [0, 0.05) is 32.5 Å². The molecule has 0 radical (unpaired) electrons. The lowest BCUT2D eigenvalue weighted by atomic mass is 9.99. The third kappa shape index (κ3) is 10.5. The topological polar surface area (TPSA) is 194 Å². The number of hydrogen-bond donors (Lipinski definition) is 6. The number of aliphatic hydroxyl groups excluding tert-OH is 1. The third-order valence-corrected chi connectivity index (χ3v) is 8.60. The molecule has 0 saturated carbocycles. The Morgan fingerprint density at radius 2 is 1.50 bits per heavy atom. The Balaban J connectivity index is 1.87. The lowest BCUT2D eigenvalue weighted by Crippen LogP contribution is -2.59. The highest BCUT2D eigenvalue weighted by molar-refractivity contribution is 6.44. The number of hydrogen-bond acceptors (Lipinski definition) is 8. The van der Waals surface area contributed by atoms with E-state index >= 15 is 0 Å². The molecular weight excluding hydrogens is 639 g/mol. The van der Waals surface area contributed by atoms with Crippen LogP contribution in [0.3, 0.4) is 0 Å². The fourth-order valence-corrected chi connectivity index (χ4v) is 5.79. The molecule has 1 aliphatic rings. The van der Waals surface area contributed by atoms with Gasteiger partial charge in [-0.1, -0.05) is 37.1 Å². The number of halogens is 2. The van der Waals surface area contributed by atoms with Crippen molar-refractivity contribution in [2.45, 2.75) is 86.5 Å². The molecule has 12 nitrogen and oxygen atoms in total. The van der Waals surface area contributed by atoms with Crippen LogP contribution >= 0.6 is 23.2 Å². The van der Waals surface area contributed by atoms with Gasteiger partial charge in [-0.3, -0.25) is 14.4 Å². The van der Waals surface area contributed by atoms with Gasteiger partial charge < -0.3 is 41.3 Å². The average molecular weight is 682 g/mol.